The summed E-state index contributed by atoms with van der Waals surface area (Å²) < 4.78 is 13.6. The van der Waals surface area contributed by atoms with Crippen molar-refractivity contribution in [3.05, 3.63) is 70.5 Å². The minimum absolute atomic E-state index is 0.0459. The lowest BCUT2D eigenvalue weighted by atomic mass is 10.0. The highest BCUT2D eigenvalue weighted by molar-refractivity contribution is 5.45. The summed E-state index contributed by atoms with van der Waals surface area (Å²) in [5.74, 6) is 5.46. The van der Waals surface area contributed by atoms with Crippen LogP contribution in [0.4, 0.5) is 4.39 Å². The molecule has 0 saturated carbocycles. The van der Waals surface area contributed by atoms with Crippen LogP contribution in [0, 0.1) is 29.0 Å². The molecule has 0 amide bonds. The molecule has 0 aliphatic heterocycles. The number of unbranched alkanes of at least 4 members (excludes halogenated alkanes) is 5. The lowest BCUT2D eigenvalue weighted by molar-refractivity contribution is 0.607. The standard InChI is InChI=1S/C23H24FN/c1-2-3-4-5-6-7-8-19-9-11-20(12-10-19)13-14-21-15-16-22(18-25)23(24)17-21/h9-12,15-17H,2-8H2,1H3. The van der Waals surface area contributed by atoms with E-state index < -0.39 is 5.82 Å². The summed E-state index contributed by atoms with van der Waals surface area (Å²) in [5.41, 5.74) is 2.87. The number of halogens is 1. The van der Waals surface area contributed by atoms with Gasteiger partial charge in [0.2, 0.25) is 0 Å². The fourth-order valence-electron chi connectivity index (χ4n) is 2.69. The van der Waals surface area contributed by atoms with Crippen molar-refractivity contribution < 1.29 is 4.39 Å². The largest absolute Gasteiger partial charge is 0.206 e. The maximum Gasteiger partial charge on any atom is 0.142 e. The molecule has 0 heterocycles. The average Bonchev–Trinajstić information content (AvgIpc) is 2.64. The van der Waals surface area contributed by atoms with E-state index in [2.05, 4.69) is 30.9 Å². The van der Waals surface area contributed by atoms with Crippen molar-refractivity contribution in [1.82, 2.24) is 0 Å². The van der Waals surface area contributed by atoms with Crippen molar-refractivity contribution in [2.45, 2.75) is 51.9 Å². The fourth-order valence-corrected chi connectivity index (χ4v) is 2.69. The molecular formula is C23H24FN. The number of hydrogen-bond donors (Lipinski definition) is 0. The van der Waals surface area contributed by atoms with Gasteiger partial charge in [0.1, 0.15) is 11.9 Å². The minimum Gasteiger partial charge on any atom is -0.206 e. The maximum absolute atomic E-state index is 13.6. The fraction of sp³-hybridized carbons (Fsp3) is 0.348. The van der Waals surface area contributed by atoms with E-state index in [9.17, 15) is 4.39 Å². The van der Waals surface area contributed by atoms with Gasteiger partial charge in [0.15, 0.2) is 0 Å². The van der Waals surface area contributed by atoms with Crippen molar-refractivity contribution in [2.75, 3.05) is 0 Å². The van der Waals surface area contributed by atoms with E-state index in [4.69, 9.17) is 5.26 Å². The second kappa shape index (κ2) is 10.3. The van der Waals surface area contributed by atoms with Gasteiger partial charge in [-0.1, -0.05) is 63.0 Å². The summed E-state index contributed by atoms with van der Waals surface area (Å²) in [5, 5.41) is 8.73. The van der Waals surface area contributed by atoms with Crippen LogP contribution in [0.1, 0.15) is 67.7 Å². The van der Waals surface area contributed by atoms with E-state index in [1.807, 2.05) is 18.2 Å². The van der Waals surface area contributed by atoms with Crippen molar-refractivity contribution in [2.24, 2.45) is 0 Å². The third-order valence-electron chi connectivity index (χ3n) is 4.21. The Kier molecular flexibility index (Phi) is 7.74. The second-order valence-corrected chi connectivity index (χ2v) is 6.27. The first-order valence-electron chi connectivity index (χ1n) is 9.03. The highest BCUT2D eigenvalue weighted by atomic mass is 19.1. The van der Waals surface area contributed by atoms with Crippen LogP contribution in [0.5, 0.6) is 0 Å². The Morgan fingerprint density at radius 3 is 2.16 bits per heavy atom. The highest BCUT2D eigenvalue weighted by Gasteiger charge is 2.00. The molecule has 0 aliphatic rings. The molecule has 0 radical (unpaired) electrons. The zero-order chi connectivity index (χ0) is 17.9. The molecule has 0 spiro atoms. The third kappa shape index (κ3) is 6.44. The van der Waals surface area contributed by atoms with Crippen molar-refractivity contribution in [3.8, 4) is 17.9 Å². The van der Waals surface area contributed by atoms with Crippen molar-refractivity contribution in [3.63, 3.8) is 0 Å². The number of nitriles is 1. The van der Waals surface area contributed by atoms with Gasteiger partial charge in [0, 0.05) is 11.1 Å². The molecule has 128 valence electrons. The van der Waals surface area contributed by atoms with Gasteiger partial charge < -0.3 is 0 Å². The smallest absolute Gasteiger partial charge is 0.142 e. The summed E-state index contributed by atoms with van der Waals surface area (Å²) in [6, 6.07) is 14.5. The predicted molar refractivity (Wildman–Crippen MR) is 101 cm³/mol. The molecule has 2 rings (SSSR count). The molecule has 0 aliphatic carbocycles. The molecule has 0 fully saturated rings. The summed E-state index contributed by atoms with van der Waals surface area (Å²) >= 11 is 0. The van der Waals surface area contributed by atoms with E-state index in [0.29, 0.717) is 5.56 Å². The molecule has 0 aromatic heterocycles. The van der Waals surface area contributed by atoms with E-state index in [-0.39, 0.29) is 5.56 Å². The summed E-state index contributed by atoms with van der Waals surface area (Å²) in [6.45, 7) is 2.24. The van der Waals surface area contributed by atoms with Crippen LogP contribution in [0.25, 0.3) is 0 Å². The molecule has 25 heavy (non-hydrogen) atoms. The lowest BCUT2D eigenvalue weighted by Crippen LogP contribution is -1.87. The monoisotopic (exact) mass is 333 g/mol. The maximum atomic E-state index is 13.6. The minimum atomic E-state index is -0.524. The highest BCUT2D eigenvalue weighted by Crippen LogP contribution is 2.12. The van der Waals surface area contributed by atoms with Gasteiger partial charge in [-0.2, -0.15) is 5.26 Å². The van der Waals surface area contributed by atoms with Crippen LogP contribution in [-0.4, -0.2) is 0 Å². The average molecular weight is 333 g/mol. The Morgan fingerprint density at radius 2 is 1.48 bits per heavy atom. The van der Waals surface area contributed by atoms with E-state index >= 15 is 0 Å². The van der Waals surface area contributed by atoms with Crippen LogP contribution >= 0.6 is 0 Å². The Hall–Kier alpha value is -2.58. The van der Waals surface area contributed by atoms with Crippen molar-refractivity contribution in [1.29, 1.82) is 5.26 Å². The summed E-state index contributed by atoms with van der Waals surface area (Å²) in [6.07, 6.45) is 8.96. The molecule has 0 saturated heterocycles. The topological polar surface area (TPSA) is 23.8 Å². The van der Waals surface area contributed by atoms with E-state index in [1.54, 1.807) is 6.07 Å². The zero-order valence-corrected chi connectivity index (χ0v) is 14.8. The van der Waals surface area contributed by atoms with Crippen LogP contribution < -0.4 is 0 Å². The Bertz CT molecular complexity index is 772. The second-order valence-electron chi connectivity index (χ2n) is 6.27. The number of nitrogens with zero attached hydrogens (tertiary/aromatic N) is 1. The predicted octanol–water partition coefficient (Wildman–Crippen LogP) is 6.00. The van der Waals surface area contributed by atoms with E-state index in [1.165, 1.54) is 56.2 Å². The van der Waals surface area contributed by atoms with Gasteiger partial charge in [-0.25, -0.2) is 4.39 Å². The summed E-state index contributed by atoms with van der Waals surface area (Å²) in [4.78, 5) is 0. The van der Waals surface area contributed by atoms with Gasteiger partial charge in [-0.05, 0) is 48.7 Å². The summed E-state index contributed by atoms with van der Waals surface area (Å²) in [7, 11) is 0. The van der Waals surface area contributed by atoms with Crippen LogP contribution in [0.3, 0.4) is 0 Å². The SMILES string of the molecule is CCCCCCCCc1ccc(C#Cc2ccc(C#N)c(F)c2)cc1. The van der Waals surface area contributed by atoms with Crippen LogP contribution in [0.15, 0.2) is 42.5 Å². The van der Waals surface area contributed by atoms with Crippen LogP contribution in [0.2, 0.25) is 0 Å². The van der Waals surface area contributed by atoms with Gasteiger partial charge >= 0.3 is 0 Å². The van der Waals surface area contributed by atoms with Gasteiger partial charge in [0.25, 0.3) is 0 Å². The molecule has 0 atom stereocenters. The van der Waals surface area contributed by atoms with Crippen molar-refractivity contribution >= 4 is 0 Å². The number of hydrogen-bond acceptors (Lipinski definition) is 1. The van der Waals surface area contributed by atoms with Gasteiger partial charge in [-0.3, -0.25) is 0 Å². The molecule has 1 nitrogen and oxygen atoms in total. The molecule has 2 aromatic carbocycles. The third-order valence-corrected chi connectivity index (χ3v) is 4.21. The number of rotatable bonds is 7. The number of benzene rings is 2. The Morgan fingerprint density at radius 1 is 0.840 bits per heavy atom. The quantitative estimate of drug-likeness (QED) is 0.450. The van der Waals surface area contributed by atoms with Gasteiger partial charge in [0.05, 0.1) is 5.56 Å². The first-order chi connectivity index (χ1) is 12.2. The number of aryl methyl sites for hydroxylation is 1. The Balaban J connectivity index is 1.86. The molecule has 0 unspecified atom stereocenters. The first kappa shape index (κ1) is 18.8. The lowest BCUT2D eigenvalue weighted by Gasteiger charge is -2.02. The Labute approximate surface area is 150 Å². The van der Waals surface area contributed by atoms with Gasteiger partial charge in [-0.15, -0.1) is 0 Å². The molecule has 2 aromatic rings. The van der Waals surface area contributed by atoms with Crippen LogP contribution in [-0.2, 0) is 6.42 Å². The molecule has 2 heteroatoms. The zero-order valence-electron chi connectivity index (χ0n) is 14.8. The van der Waals surface area contributed by atoms with E-state index in [0.717, 1.165) is 12.0 Å². The normalized spacial score (nSPS) is 9.96. The molecular weight excluding hydrogens is 309 g/mol. The molecule has 0 N–H and O–H groups in total. The molecule has 0 bridgehead atoms. The first-order valence-corrected chi connectivity index (χ1v) is 9.03.